The highest BCUT2D eigenvalue weighted by atomic mass is 19.3. The Hall–Kier alpha value is -3.29. The van der Waals surface area contributed by atoms with Gasteiger partial charge in [0, 0.05) is 49.4 Å². The van der Waals surface area contributed by atoms with Crippen LogP contribution in [-0.2, 0) is 11.2 Å². The van der Waals surface area contributed by atoms with Gasteiger partial charge in [0.2, 0.25) is 0 Å². The van der Waals surface area contributed by atoms with Gasteiger partial charge in [-0.3, -0.25) is 9.59 Å². The summed E-state index contributed by atoms with van der Waals surface area (Å²) in [7, 11) is 0. The van der Waals surface area contributed by atoms with Gasteiger partial charge >= 0.3 is 5.97 Å². The Morgan fingerprint density at radius 3 is 2.45 bits per heavy atom. The molecule has 29 heavy (non-hydrogen) atoms. The van der Waals surface area contributed by atoms with E-state index in [1.54, 1.807) is 18.2 Å². The second-order valence-electron chi connectivity index (χ2n) is 7.21. The Balaban J connectivity index is 1.56. The number of halogens is 2. The van der Waals surface area contributed by atoms with Gasteiger partial charge in [0.25, 0.3) is 11.8 Å². The second kappa shape index (κ2) is 7.27. The number of hydrogen-bond acceptors (Lipinski definition) is 3. The lowest BCUT2D eigenvalue weighted by atomic mass is 10.1. The zero-order valence-electron chi connectivity index (χ0n) is 15.5. The first kappa shape index (κ1) is 19.0. The molecule has 0 bridgehead atoms. The topological polar surface area (TPSA) is 75.4 Å². The molecule has 0 aliphatic carbocycles. The van der Waals surface area contributed by atoms with Crippen LogP contribution in [0.5, 0.6) is 0 Å². The summed E-state index contributed by atoms with van der Waals surface area (Å²) in [6.45, 7) is 0.0706. The van der Waals surface area contributed by atoms with Crippen LogP contribution >= 0.6 is 0 Å². The third kappa shape index (κ3) is 3.96. The van der Waals surface area contributed by atoms with Crippen molar-refractivity contribution in [2.45, 2.75) is 25.2 Å². The summed E-state index contributed by atoms with van der Waals surface area (Å²) in [5, 5.41) is 9.63. The number of likely N-dealkylation sites (tertiary alicyclic amines) is 1. The van der Waals surface area contributed by atoms with E-state index in [0.717, 1.165) is 11.1 Å². The number of amides is 1. The number of carbonyl (C=O) groups is 2. The number of aliphatic carboxylic acids is 1. The summed E-state index contributed by atoms with van der Waals surface area (Å²) in [6.07, 6.45) is 2.61. The molecule has 0 spiro atoms. The standard InChI is InChI=1S/C21H19F2N3O3/c22-21(23)6-9-25(10-7-21)20(29)16-12-15-5-8-26(19(15)24-13-16)17-3-1-14(2-4-17)11-18(27)28/h1-5,8,12-13H,6-7,9-11H2,(H,27,28). The molecule has 1 fully saturated rings. The van der Waals surface area contributed by atoms with Gasteiger partial charge in [-0.2, -0.15) is 0 Å². The van der Waals surface area contributed by atoms with Crippen LogP contribution in [0.3, 0.4) is 0 Å². The van der Waals surface area contributed by atoms with E-state index < -0.39 is 11.9 Å². The first-order valence-electron chi connectivity index (χ1n) is 9.28. The molecule has 3 heterocycles. The number of hydrogen-bond donors (Lipinski definition) is 1. The molecule has 1 aromatic carbocycles. The van der Waals surface area contributed by atoms with E-state index in [0.29, 0.717) is 16.8 Å². The molecule has 2 aromatic heterocycles. The Morgan fingerprint density at radius 1 is 1.10 bits per heavy atom. The normalized spacial score (nSPS) is 16.1. The summed E-state index contributed by atoms with van der Waals surface area (Å²) in [6, 6.07) is 10.7. The molecule has 1 amide bonds. The number of carboxylic acid groups (broad SMARTS) is 1. The quantitative estimate of drug-likeness (QED) is 0.728. The van der Waals surface area contributed by atoms with Crippen molar-refractivity contribution in [2.75, 3.05) is 13.1 Å². The van der Waals surface area contributed by atoms with Gasteiger partial charge in [-0.1, -0.05) is 12.1 Å². The molecule has 3 aromatic rings. The number of fused-ring (bicyclic) bond motifs is 1. The van der Waals surface area contributed by atoms with Crippen LogP contribution in [0.15, 0.2) is 48.8 Å². The maximum absolute atomic E-state index is 13.3. The largest absolute Gasteiger partial charge is 0.481 e. The molecule has 1 N–H and O–H groups in total. The Labute approximate surface area is 165 Å². The van der Waals surface area contributed by atoms with Gasteiger partial charge in [0.15, 0.2) is 0 Å². The Kier molecular flexibility index (Phi) is 4.77. The zero-order valence-corrected chi connectivity index (χ0v) is 15.5. The monoisotopic (exact) mass is 399 g/mol. The van der Waals surface area contributed by atoms with E-state index in [9.17, 15) is 18.4 Å². The first-order chi connectivity index (χ1) is 13.8. The van der Waals surface area contributed by atoms with E-state index in [4.69, 9.17) is 5.11 Å². The van der Waals surface area contributed by atoms with E-state index in [1.165, 1.54) is 11.1 Å². The molecule has 0 saturated carbocycles. The number of carbonyl (C=O) groups excluding carboxylic acids is 1. The smallest absolute Gasteiger partial charge is 0.307 e. The van der Waals surface area contributed by atoms with Crippen molar-refractivity contribution in [1.82, 2.24) is 14.5 Å². The average Bonchev–Trinajstić information content (AvgIpc) is 3.11. The maximum Gasteiger partial charge on any atom is 0.307 e. The fourth-order valence-corrected chi connectivity index (χ4v) is 3.52. The number of piperidine rings is 1. The zero-order chi connectivity index (χ0) is 20.6. The highest BCUT2D eigenvalue weighted by molar-refractivity contribution is 5.97. The van der Waals surface area contributed by atoms with E-state index in [-0.39, 0.29) is 38.3 Å². The summed E-state index contributed by atoms with van der Waals surface area (Å²) in [5.41, 5.74) is 2.54. The van der Waals surface area contributed by atoms with E-state index in [1.807, 2.05) is 29.0 Å². The molecule has 150 valence electrons. The Morgan fingerprint density at radius 2 is 1.79 bits per heavy atom. The molecule has 1 saturated heterocycles. The highest BCUT2D eigenvalue weighted by Gasteiger charge is 2.35. The van der Waals surface area contributed by atoms with Crippen LogP contribution < -0.4 is 0 Å². The Bertz CT molecular complexity index is 1070. The molecule has 8 heteroatoms. The van der Waals surface area contributed by atoms with Gasteiger partial charge in [-0.05, 0) is 29.8 Å². The molecule has 0 radical (unpaired) electrons. The number of benzene rings is 1. The van der Waals surface area contributed by atoms with Crippen molar-refractivity contribution in [3.63, 3.8) is 0 Å². The fraction of sp³-hybridized carbons (Fsp3) is 0.286. The predicted octanol–water partition coefficient (Wildman–Crippen LogP) is 3.52. The number of alkyl halides is 2. The number of aromatic nitrogens is 2. The molecule has 0 unspecified atom stereocenters. The van der Waals surface area contributed by atoms with Crippen molar-refractivity contribution in [1.29, 1.82) is 0 Å². The van der Waals surface area contributed by atoms with Gasteiger partial charge in [-0.15, -0.1) is 0 Å². The third-order valence-electron chi connectivity index (χ3n) is 5.13. The number of rotatable bonds is 4. The van der Waals surface area contributed by atoms with E-state index in [2.05, 4.69) is 4.98 Å². The summed E-state index contributed by atoms with van der Waals surface area (Å²) in [5.74, 6) is -3.88. The van der Waals surface area contributed by atoms with Crippen LogP contribution in [-0.4, -0.2) is 50.4 Å². The minimum atomic E-state index is -2.70. The summed E-state index contributed by atoms with van der Waals surface area (Å²) >= 11 is 0. The van der Waals surface area contributed by atoms with Gasteiger partial charge in [0.1, 0.15) is 5.65 Å². The first-order valence-corrected chi connectivity index (χ1v) is 9.28. The van der Waals surface area contributed by atoms with Crippen molar-refractivity contribution < 1.29 is 23.5 Å². The maximum atomic E-state index is 13.3. The molecule has 0 atom stereocenters. The summed E-state index contributed by atoms with van der Waals surface area (Å²) < 4.78 is 28.5. The average molecular weight is 399 g/mol. The van der Waals surface area contributed by atoms with Crippen molar-refractivity contribution in [2.24, 2.45) is 0 Å². The van der Waals surface area contributed by atoms with Gasteiger partial charge in [0.05, 0.1) is 12.0 Å². The number of carboxylic acids is 1. The SMILES string of the molecule is O=C(O)Cc1ccc(-n2ccc3cc(C(=O)N4CCC(F)(F)CC4)cnc32)cc1. The molecule has 4 rings (SSSR count). The van der Waals surface area contributed by atoms with Gasteiger partial charge in [-0.25, -0.2) is 13.8 Å². The number of nitrogens with zero attached hydrogens (tertiary/aromatic N) is 3. The molecule has 6 nitrogen and oxygen atoms in total. The van der Waals surface area contributed by atoms with Crippen molar-refractivity contribution >= 4 is 22.9 Å². The van der Waals surface area contributed by atoms with Crippen molar-refractivity contribution in [3.8, 4) is 5.69 Å². The minimum Gasteiger partial charge on any atom is -0.481 e. The van der Waals surface area contributed by atoms with Crippen LogP contribution in [0.25, 0.3) is 16.7 Å². The summed E-state index contributed by atoms with van der Waals surface area (Å²) in [4.78, 5) is 29.3. The third-order valence-corrected chi connectivity index (χ3v) is 5.13. The van der Waals surface area contributed by atoms with Crippen molar-refractivity contribution in [3.05, 3.63) is 59.9 Å². The van der Waals surface area contributed by atoms with Crippen LogP contribution in [0, 0.1) is 0 Å². The van der Waals surface area contributed by atoms with Crippen LogP contribution in [0.4, 0.5) is 8.78 Å². The highest BCUT2D eigenvalue weighted by Crippen LogP contribution is 2.29. The molecule has 1 aliphatic heterocycles. The molecular weight excluding hydrogens is 380 g/mol. The van der Waals surface area contributed by atoms with Gasteiger partial charge < -0.3 is 14.6 Å². The molecule has 1 aliphatic rings. The fourth-order valence-electron chi connectivity index (χ4n) is 3.52. The number of pyridine rings is 1. The van der Waals surface area contributed by atoms with Crippen LogP contribution in [0.1, 0.15) is 28.8 Å². The minimum absolute atomic E-state index is 0.0353. The lowest BCUT2D eigenvalue weighted by molar-refractivity contribution is -0.136. The lowest BCUT2D eigenvalue weighted by Gasteiger charge is -2.31. The molecular formula is C21H19F2N3O3. The van der Waals surface area contributed by atoms with E-state index >= 15 is 0 Å². The second-order valence-corrected chi connectivity index (χ2v) is 7.21. The van der Waals surface area contributed by atoms with Crippen LogP contribution in [0.2, 0.25) is 0 Å². The lowest BCUT2D eigenvalue weighted by Crippen LogP contribution is -2.42. The predicted molar refractivity (Wildman–Crippen MR) is 102 cm³/mol.